The molecule has 140 valence electrons. The maximum absolute atomic E-state index is 12.4. The van der Waals surface area contributed by atoms with Crippen LogP contribution in [0.15, 0.2) is 4.99 Å². The molecule has 2 aliphatic heterocycles. The monoisotopic (exact) mass is 371 g/mol. The first-order valence-electron chi connectivity index (χ1n) is 7.94. The summed E-state index contributed by atoms with van der Waals surface area (Å²) in [6, 6.07) is -0.103. The van der Waals surface area contributed by atoms with Crippen LogP contribution in [-0.4, -0.2) is 87.9 Å². The van der Waals surface area contributed by atoms with Crippen molar-refractivity contribution in [3.05, 3.63) is 0 Å². The highest BCUT2D eigenvalue weighted by atomic mass is 32.2. The van der Waals surface area contributed by atoms with E-state index in [1.54, 1.807) is 7.05 Å². The number of halogens is 3. The Balaban J connectivity index is 1.71. The fourth-order valence-electron chi connectivity index (χ4n) is 2.98. The summed E-state index contributed by atoms with van der Waals surface area (Å²) in [6.45, 7) is 1.09. The van der Waals surface area contributed by atoms with Crippen LogP contribution in [-0.2, 0) is 10.0 Å². The highest BCUT2D eigenvalue weighted by Gasteiger charge is 2.34. The normalized spacial score (nSPS) is 26.0. The van der Waals surface area contributed by atoms with E-state index in [2.05, 4.69) is 15.6 Å². The lowest BCUT2D eigenvalue weighted by Gasteiger charge is -2.20. The van der Waals surface area contributed by atoms with Crippen LogP contribution in [0.1, 0.15) is 12.8 Å². The van der Waals surface area contributed by atoms with Gasteiger partial charge in [-0.1, -0.05) is 0 Å². The predicted molar refractivity (Wildman–Crippen MR) is 85.4 cm³/mol. The molecule has 1 unspecified atom stereocenters. The van der Waals surface area contributed by atoms with Gasteiger partial charge in [-0.3, -0.25) is 9.89 Å². The molecule has 0 aromatic carbocycles. The van der Waals surface area contributed by atoms with Gasteiger partial charge in [0, 0.05) is 45.8 Å². The summed E-state index contributed by atoms with van der Waals surface area (Å²) in [7, 11) is -1.55. The summed E-state index contributed by atoms with van der Waals surface area (Å²) in [5, 5.41) is 6.11. The van der Waals surface area contributed by atoms with Gasteiger partial charge >= 0.3 is 6.18 Å². The standard InChI is InChI=1S/C13H24F3N5O2S/c1-17-12(18-4-7-21-5-2-8-24(21,22)23)19-11-3-6-20(9-11)10-13(14,15)16/h11H,2-10H2,1H3,(H2,17,18,19). The minimum atomic E-state index is -4.18. The number of nitrogens with zero attached hydrogens (tertiary/aromatic N) is 3. The van der Waals surface area contributed by atoms with Crippen LogP contribution < -0.4 is 10.6 Å². The van der Waals surface area contributed by atoms with Crippen LogP contribution >= 0.6 is 0 Å². The molecule has 0 radical (unpaired) electrons. The first-order chi connectivity index (χ1) is 11.2. The third-order valence-electron chi connectivity index (χ3n) is 4.10. The number of likely N-dealkylation sites (tertiary alicyclic amines) is 1. The second-order valence-electron chi connectivity index (χ2n) is 6.05. The molecule has 1 atom stereocenters. The fourth-order valence-corrected chi connectivity index (χ4v) is 4.51. The van der Waals surface area contributed by atoms with Crippen molar-refractivity contribution in [3.8, 4) is 0 Å². The fraction of sp³-hybridized carbons (Fsp3) is 0.923. The van der Waals surface area contributed by atoms with E-state index in [0.717, 1.165) is 0 Å². The SMILES string of the molecule is CN=C(NCCN1CCCS1(=O)=O)NC1CCN(CC(F)(F)F)C1. The third-order valence-corrected chi connectivity index (χ3v) is 6.05. The van der Waals surface area contributed by atoms with Gasteiger partial charge in [0.1, 0.15) is 0 Å². The van der Waals surface area contributed by atoms with E-state index in [9.17, 15) is 21.6 Å². The minimum absolute atomic E-state index is 0.103. The van der Waals surface area contributed by atoms with Gasteiger partial charge in [0.05, 0.1) is 12.3 Å². The van der Waals surface area contributed by atoms with E-state index in [4.69, 9.17) is 0 Å². The second-order valence-corrected chi connectivity index (χ2v) is 8.14. The van der Waals surface area contributed by atoms with Gasteiger partial charge in [-0.15, -0.1) is 0 Å². The molecule has 0 aliphatic carbocycles. The zero-order valence-electron chi connectivity index (χ0n) is 13.6. The number of hydrogen-bond acceptors (Lipinski definition) is 4. The molecule has 11 heteroatoms. The van der Waals surface area contributed by atoms with Gasteiger partial charge in [-0.05, 0) is 12.8 Å². The van der Waals surface area contributed by atoms with Crippen LogP contribution in [0.5, 0.6) is 0 Å². The van der Waals surface area contributed by atoms with Crippen LogP contribution in [0.4, 0.5) is 13.2 Å². The summed E-state index contributed by atoms with van der Waals surface area (Å²) in [6.07, 6.45) is -2.93. The Morgan fingerprint density at radius 1 is 1.33 bits per heavy atom. The Hall–Kier alpha value is -1.07. The van der Waals surface area contributed by atoms with Crippen LogP contribution in [0, 0.1) is 0 Å². The van der Waals surface area contributed by atoms with E-state index in [1.165, 1.54) is 9.21 Å². The molecule has 0 aromatic rings. The van der Waals surface area contributed by atoms with Gasteiger partial charge < -0.3 is 10.6 Å². The van der Waals surface area contributed by atoms with Crippen molar-refractivity contribution < 1.29 is 21.6 Å². The molecule has 2 N–H and O–H groups in total. The molecule has 2 aliphatic rings. The lowest BCUT2D eigenvalue weighted by molar-refractivity contribution is -0.143. The van der Waals surface area contributed by atoms with E-state index in [1.807, 2.05) is 0 Å². The first-order valence-corrected chi connectivity index (χ1v) is 9.54. The quantitative estimate of drug-likeness (QED) is 0.518. The number of sulfonamides is 1. The third kappa shape index (κ3) is 5.78. The van der Waals surface area contributed by atoms with Gasteiger partial charge in [-0.25, -0.2) is 12.7 Å². The number of hydrogen-bond donors (Lipinski definition) is 2. The molecular weight excluding hydrogens is 347 g/mol. The summed E-state index contributed by atoms with van der Waals surface area (Å²) in [5.41, 5.74) is 0. The number of guanidine groups is 1. The van der Waals surface area contributed by atoms with Crippen LogP contribution in [0.2, 0.25) is 0 Å². The van der Waals surface area contributed by atoms with E-state index < -0.39 is 22.7 Å². The lowest BCUT2D eigenvalue weighted by atomic mass is 10.3. The Morgan fingerprint density at radius 3 is 2.67 bits per heavy atom. The maximum Gasteiger partial charge on any atom is 0.401 e. The molecule has 2 heterocycles. The van der Waals surface area contributed by atoms with Crippen molar-refractivity contribution in [3.63, 3.8) is 0 Å². The minimum Gasteiger partial charge on any atom is -0.355 e. The Bertz CT molecular complexity index is 552. The van der Waals surface area contributed by atoms with E-state index in [-0.39, 0.29) is 11.8 Å². The Labute approximate surface area is 140 Å². The molecule has 0 aromatic heterocycles. The first kappa shape index (κ1) is 19.3. The predicted octanol–water partition coefficient (Wildman–Crippen LogP) is -0.176. The molecule has 7 nitrogen and oxygen atoms in total. The van der Waals surface area contributed by atoms with Crippen molar-refractivity contribution in [2.24, 2.45) is 4.99 Å². The zero-order chi connectivity index (χ0) is 17.8. The number of rotatable bonds is 5. The highest BCUT2D eigenvalue weighted by molar-refractivity contribution is 7.89. The summed E-state index contributed by atoms with van der Waals surface area (Å²) in [5.74, 6) is 0.669. The highest BCUT2D eigenvalue weighted by Crippen LogP contribution is 2.19. The van der Waals surface area contributed by atoms with E-state index >= 15 is 0 Å². The second kappa shape index (κ2) is 7.87. The average Bonchev–Trinajstić information content (AvgIpc) is 3.02. The van der Waals surface area contributed by atoms with Crippen molar-refractivity contribution in [2.75, 3.05) is 52.1 Å². The van der Waals surface area contributed by atoms with Gasteiger partial charge in [0.15, 0.2) is 5.96 Å². The molecule has 2 rings (SSSR count). The molecule has 0 bridgehead atoms. The zero-order valence-corrected chi connectivity index (χ0v) is 14.5. The summed E-state index contributed by atoms with van der Waals surface area (Å²) in [4.78, 5) is 5.40. The van der Waals surface area contributed by atoms with Crippen molar-refractivity contribution in [1.29, 1.82) is 0 Å². The topological polar surface area (TPSA) is 77.0 Å². The van der Waals surface area contributed by atoms with E-state index in [0.29, 0.717) is 51.5 Å². The Morgan fingerprint density at radius 2 is 2.08 bits per heavy atom. The number of nitrogens with one attached hydrogen (secondary N) is 2. The van der Waals surface area contributed by atoms with Gasteiger partial charge in [0.2, 0.25) is 10.0 Å². The largest absolute Gasteiger partial charge is 0.401 e. The van der Waals surface area contributed by atoms with Gasteiger partial charge in [-0.2, -0.15) is 13.2 Å². The molecular formula is C13H24F3N5O2S. The molecule has 2 saturated heterocycles. The molecule has 0 amide bonds. The molecule has 0 saturated carbocycles. The summed E-state index contributed by atoms with van der Waals surface area (Å²) < 4.78 is 62.0. The maximum atomic E-state index is 12.4. The molecule has 24 heavy (non-hydrogen) atoms. The van der Waals surface area contributed by atoms with Crippen LogP contribution in [0.25, 0.3) is 0 Å². The number of aliphatic imine (C=N–C) groups is 1. The smallest absolute Gasteiger partial charge is 0.355 e. The Kier molecular flexibility index (Phi) is 6.32. The van der Waals surface area contributed by atoms with Gasteiger partial charge in [0.25, 0.3) is 0 Å². The summed E-state index contributed by atoms with van der Waals surface area (Å²) >= 11 is 0. The number of alkyl halides is 3. The van der Waals surface area contributed by atoms with Crippen molar-refractivity contribution in [2.45, 2.75) is 25.1 Å². The molecule has 0 spiro atoms. The van der Waals surface area contributed by atoms with Crippen LogP contribution in [0.3, 0.4) is 0 Å². The lowest BCUT2D eigenvalue weighted by Crippen LogP contribution is -2.47. The van der Waals surface area contributed by atoms with Crippen molar-refractivity contribution in [1.82, 2.24) is 19.8 Å². The average molecular weight is 371 g/mol. The molecule has 2 fully saturated rings. The van der Waals surface area contributed by atoms with Crippen molar-refractivity contribution >= 4 is 16.0 Å².